The maximum absolute atomic E-state index is 13.1. The molecule has 2 amide bonds. The number of nitrogens with one attached hydrogen (secondary N) is 2. The summed E-state index contributed by atoms with van der Waals surface area (Å²) in [7, 11) is -3.46. The Morgan fingerprint density at radius 3 is 2.22 bits per heavy atom. The van der Waals surface area contributed by atoms with Gasteiger partial charge in [-0.3, -0.25) is 9.59 Å². The standard InChI is InChI=1S/C29H33N3O4S/c1-21-12-14-23(15-13-21)20-37(35,36)32-18-16-25(17-19-32)28(33)31-27-11-7-6-10-26(27)29(34)30-22(2)24-8-4-3-5-9-24/h3-15,22,25H,16-20H2,1-2H3,(H,30,34)(H,31,33)/t22-/m0/s1. The second-order valence-electron chi connectivity index (χ2n) is 9.56. The molecule has 0 aliphatic carbocycles. The molecular weight excluding hydrogens is 486 g/mol. The minimum Gasteiger partial charge on any atom is -0.345 e. The van der Waals surface area contributed by atoms with E-state index in [1.54, 1.807) is 24.3 Å². The van der Waals surface area contributed by atoms with Crippen LogP contribution in [0, 0.1) is 12.8 Å². The fourth-order valence-electron chi connectivity index (χ4n) is 4.51. The highest BCUT2D eigenvalue weighted by molar-refractivity contribution is 7.88. The number of carbonyl (C=O) groups excluding carboxylic acids is 2. The van der Waals surface area contributed by atoms with Crippen LogP contribution < -0.4 is 10.6 Å². The lowest BCUT2D eigenvalue weighted by atomic mass is 9.97. The number of hydrogen-bond acceptors (Lipinski definition) is 4. The average Bonchev–Trinajstić information content (AvgIpc) is 2.90. The van der Waals surface area contributed by atoms with Crippen LogP contribution in [-0.4, -0.2) is 37.6 Å². The minimum absolute atomic E-state index is 0.0476. The molecule has 0 bridgehead atoms. The van der Waals surface area contributed by atoms with Crippen LogP contribution in [0.5, 0.6) is 0 Å². The Balaban J connectivity index is 1.35. The number of nitrogens with zero attached hydrogens (tertiary/aromatic N) is 1. The molecule has 37 heavy (non-hydrogen) atoms. The molecule has 0 saturated carbocycles. The van der Waals surface area contributed by atoms with Gasteiger partial charge in [0.2, 0.25) is 15.9 Å². The van der Waals surface area contributed by atoms with Crippen molar-refractivity contribution in [1.82, 2.24) is 9.62 Å². The SMILES string of the molecule is Cc1ccc(CS(=O)(=O)N2CCC(C(=O)Nc3ccccc3C(=O)N[C@@H](C)c3ccccc3)CC2)cc1. The van der Waals surface area contributed by atoms with E-state index < -0.39 is 10.0 Å². The predicted molar refractivity (Wildman–Crippen MR) is 145 cm³/mol. The van der Waals surface area contributed by atoms with Gasteiger partial charge in [0, 0.05) is 19.0 Å². The Bertz CT molecular complexity index is 1330. The highest BCUT2D eigenvalue weighted by Gasteiger charge is 2.31. The Hall–Kier alpha value is -3.49. The van der Waals surface area contributed by atoms with Crippen molar-refractivity contribution in [3.63, 3.8) is 0 Å². The van der Waals surface area contributed by atoms with Gasteiger partial charge in [0.05, 0.1) is 23.0 Å². The van der Waals surface area contributed by atoms with E-state index in [9.17, 15) is 18.0 Å². The van der Waals surface area contributed by atoms with Crippen molar-refractivity contribution >= 4 is 27.5 Å². The molecule has 0 unspecified atom stereocenters. The Labute approximate surface area is 218 Å². The summed E-state index contributed by atoms with van der Waals surface area (Å²) in [6, 6.07) is 23.9. The number of anilines is 1. The van der Waals surface area contributed by atoms with Crippen LogP contribution in [0.25, 0.3) is 0 Å². The van der Waals surface area contributed by atoms with Gasteiger partial charge in [-0.15, -0.1) is 0 Å². The summed E-state index contributed by atoms with van der Waals surface area (Å²) >= 11 is 0. The molecule has 0 aromatic heterocycles. The zero-order valence-electron chi connectivity index (χ0n) is 21.2. The second kappa shape index (κ2) is 11.7. The third-order valence-corrected chi connectivity index (χ3v) is 8.61. The molecule has 1 heterocycles. The molecule has 2 N–H and O–H groups in total. The van der Waals surface area contributed by atoms with Crippen LogP contribution in [0.2, 0.25) is 0 Å². The van der Waals surface area contributed by atoms with Gasteiger partial charge in [0.25, 0.3) is 5.91 Å². The van der Waals surface area contributed by atoms with E-state index in [0.717, 1.165) is 16.7 Å². The lowest BCUT2D eigenvalue weighted by Gasteiger charge is -2.30. The lowest BCUT2D eigenvalue weighted by molar-refractivity contribution is -0.120. The number of rotatable bonds is 8. The van der Waals surface area contributed by atoms with Crippen molar-refractivity contribution in [1.29, 1.82) is 0 Å². The van der Waals surface area contributed by atoms with Gasteiger partial charge in [0.1, 0.15) is 0 Å². The van der Waals surface area contributed by atoms with Crippen LogP contribution in [0.1, 0.15) is 52.9 Å². The monoisotopic (exact) mass is 519 g/mol. The first-order chi connectivity index (χ1) is 17.7. The fraction of sp³-hybridized carbons (Fsp3) is 0.310. The summed E-state index contributed by atoms with van der Waals surface area (Å²) in [5.74, 6) is -0.852. The molecule has 1 aliphatic heterocycles. The third kappa shape index (κ3) is 6.84. The molecule has 1 fully saturated rings. The van der Waals surface area contributed by atoms with E-state index in [0.29, 0.717) is 37.2 Å². The van der Waals surface area contributed by atoms with Crippen molar-refractivity contribution in [2.45, 2.75) is 38.5 Å². The maximum atomic E-state index is 13.1. The molecule has 1 aliphatic rings. The molecule has 194 valence electrons. The number of piperidine rings is 1. The second-order valence-corrected chi connectivity index (χ2v) is 11.5. The summed E-state index contributed by atoms with van der Waals surface area (Å²) in [5.41, 5.74) is 3.65. The number of benzene rings is 3. The number of para-hydroxylation sites is 1. The van der Waals surface area contributed by atoms with Crippen LogP contribution >= 0.6 is 0 Å². The minimum atomic E-state index is -3.46. The van der Waals surface area contributed by atoms with Crippen LogP contribution in [0.3, 0.4) is 0 Å². The molecule has 3 aromatic rings. The quantitative estimate of drug-likeness (QED) is 0.452. The smallest absolute Gasteiger partial charge is 0.253 e. The van der Waals surface area contributed by atoms with Gasteiger partial charge < -0.3 is 10.6 Å². The van der Waals surface area contributed by atoms with Crippen LogP contribution in [0.4, 0.5) is 5.69 Å². The summed E-state index contributed by atoms with van der Waals surface area (Å²) < 4.78 is 27.3. The predicted octanol–water partition coefficient (Wildman–Crippen LogP) is 4.67. The van der Waals surface area contributed by atoms with Gasteiger partial charge in [-0.25, -0.2) is 12.7 Å². The Morgan fingerprint density at radius 1 is 0.919 bits per heavy atom. The van der Waals surface area contributed by atoms with Crippen LogP contribution in [0.15, 0.2) is 78.9 Å². The summed E-state index contributed by atoms with van der Waals surface area (Å²) in [6.45, 7) is 4.46. The van der Waals surface area contributed by atoms with Crippen molar-refractivity contribution < 1.29 is 18.0 Å². The Morgan fingerprint density at radius 2 is 1.54 bits per heavy atom. The lowest BCUT2D eigenvalue weighted by Crippen LogP contribution is -2.42. The summed E-state index contributed by atoms with van der Waals surface area (Å²) in [5, 5.41) is 5.89. The number of hydrogen-bond donors (Lipinski definition) is 2. The number of aryl methyl sites for hydroxylation is 1. The third-order valence-electron chi connectivity index (χ3n) is 6.76. The van der Waals surface area contributed by atoms with Crippen molar-refractivity contribution in [3.8, 4) is 0 Å². The molecule has 1 atom stereocenters. The van der Waals surface area contributed by atoms with E-state index in [2.05, 4.69) is 10.6 Å². The van der Waals surface area contributed by atoms with Gasteiger partial charge in [-0.2, -0.15) is 0 Å². The number of sulfonamides is 1. The molecular formula is C29H33N3O4S. The zero-order valence-corrected chi connectivity index (χ0v) is 22.0. The fourth-order valence-corrected chi connectivity index (χ4v) is 6.07. The van der Waals surface area contributed by atoms with Gasteiger partial charge in [-0.1, -0.05) is 72.3 Å². The first-order valence-corrected chi connectivity index (χ1v) is 14.1. The van der Waals surface area contributed by atoms with E-state index in [1.165, 1.54) is 4.31 Å². The molecule has 0 radical (unpaired) electrons. The highest BCUT2D eigenvalue weighted by Crippen LogP contribution is 2.25. The summed E-state index contributed by atoms with van der Waals surface area (Å²) in [6.07, 6.45) is 0.858. The topological polar surface area (TPSA) is 95.6 Å². The normalized spacial score (nSPS) is 15.6. The van der Waals surface area contributed by atoms with E-state index >= 15 is 0 Å². The summed E-state index contributed by atoms with van der Waals surface area (Å²) in [4.78, 5) is 26.0. The first kappa shape index (κ1) is 26.6. The van der Waals surface area contributed by atoms with Crippen molar-refractivity contribution in [2.75, 3.05) is 18.4 Å². The average molecular weight is 520 g/mol. The van der Waals surface area contributed by atoms with E-state index in [4.69, 9.17) is 0 Å². The number of amides is 2. The molecule has 4 rings (SSSR count). The van der Waals surface area contributed by atoms with Crippen LogP contribution in [-0.2, 0) is 20.6 Å². The molecule has 3 aromatic carbocycles. The van der Waals surface area contributed by atoms with Gasteiger partial charge in [-0.05, 0) is 49.9 Å². The molecule has 8 heteroatoms. The largest absolute Gasteiger partial charge is 0.345 e. The highest BCUT2D eigenvalue weighted by atomic mass is 32.2. The maximum Gasteiger partial charge on any atom is 0.253 e. The molecule has 1 saturated heterocycles. The molecule has 0 spiro atoms. The zero-order chi connectivity index (χ0) is 26.4. The van der Waals surface area contributed by atoms with Crippen molar-refractivity contribution in [3.05, 3.63) is 101 Å². The van der Waals surface area contributed by atoms with E-state index in [1.807, 2.05) is 68.4 Å². The van der Waals surface area contributed by atoms with Gasteiger partial charge >= 0.3 is 0 Å². The molecule has 7 nitrogen and oxygen atoms in total. The Kier molecular flexibility index (Phi) is 8.41. The van der Waals surface area contributed by atoms with E-state index in [-0.39, 0.29) is 29.5 Å². The first-order valence-electron chi connectivity index (χ1n) is 12.5. The van der Waals surface area contributed by atoms with Crippen molar-refractivity contribution in [2.24, 2.45) is 5.92 Å². The van der Waals surface area contributed by atoms with Gasteiger partial charge in [0.15, 0.2) is 0 Å². The number of carbonyl (C=O) groups is 2.